The molecule has 0 aromatic heterocycles. The van der Waals surface area contributed by atoms with Crippen LogP contribution >= 0.6 is 0 Å². The molecule has 0 spiro atoms. The largest absolute Gasteiger partial charge is 0.494 e. The van der Waals surface area contributed by atoms with Crippen molar-refractivity contribution >= 4 is 36.8 Å². The van der Waals surface area contributed by atoms with E-state index in [1.54, 1.807) is 0 Å². The number of nitriles is 1. The Morgan fingerprint density at radius 3 is 1.35 bits per heavy atom. The van der Waals surface area contributed by atoms with Gasteiger partial charge in [-0.05, 0) is 83.5 Å². The molecule has 2 saturated heterocycles. The third-order valence-electron chi connectivity index (χ3n) is 7.64. The first kappa shape index (κ1) is 24.8. The highest BCUT2D eigenvalue weighted by molar-refractivity contribution is 6.62. The Kier molecular flexibility index (Phi) is 6.11. The predicted molar refractivity (Wildman–Crippen MR) is 138 cm³/mol. The Hall–Kier alpha value is -2.36. The normalized spacial score (nSPS) is 22.6. The summed E-state index contributed by atoms with van der Waals surface area (Å²) >= 11 is 0. The van der Waals surface area contributed by atoms with Crippen LogP contribution in [-0.2, 0) is 18.6 Å². The molecule has 5 nitrogen and oxygen atoms in total. The van der Waals surface area contributed by atoms with Gasteiger partial charge < -0.3 is 18.6 Å². The van der Waals surface area contributed by atoms with Crippen molar-refractivity contribution < 1.29 is 18.6 Å². The second-order valence-corrected chi connectivity index (χ2v) is 11.1. The third-order valence-corrected chi connectivity index (χ3v) is 7.64. The standard InChI is InChI=1S/C27H33B2NO4/c1-24(2)25(3,4)32-28(31-24)22-13-9-19(10-14-22)17-21(18-30)20-11-15-23(16-12-20)29-33-26(5,6)27(7,8)34-29/h9-17H,1-8H3/b21-17+. The van der Waals surface area contributed by atoms with Crippen LogP contribution in [0.15, 0.2) is 48.5 Å². The third kappa shape index (κ3) is 4.48. The quantitative estimate of drug-likeness (QED) is 0.388. The Morgan fingerprint density at radius 1 is 0.647 bits per heavy atom. The number of hydrogen-bond donors (Lipinski definition) is 0. The van der Waals surface area contributed by atoms with Crippen molar-refractivity contribution in [3.05, 3.63) is 59.7 Å². The van der Waals surface area contributed by atoms with Crippen LogP contribution < -0.4 is 10.9 Å². The molecule has 0 unspecified atom stereocenters. The molecule has 2 aromatic carbocycles. The summed E-state index contributed by atoms with van der Waals surface area (Å²) in [5.41, 5.74) is 2.73. The molecule has 176 valence electrons. The molecule has 2 aliphatic rings. The first-order valence-corrected chi connectivity index (χ1v) is 11.8. The fraction of sp³-hybridized carbons (Fsp3) is 0.444. The van der Waals surface area contributed by atoms with Crippen LogP contribution in [0.2, 0.25) is 0 Å². The second-order valence-electron chi connectivity index (χ2n) is 11.1. The van der Waals surface area contributed by atoms with Crippen molar-refractivity contribution in [1.82, 2.24) is 0 Å². The van der Waals surface area contributed by atoms with Crippen molar-refractivity contribution in [2.24, 2.45) is 0 Å². The molecule has 4 rings (SSSR count). The van der Waals surface area contributed by atoms with E-state index in [1.165, 1.54) is 0 Å². The first-order chi connectivity index (χ1) is 15.7. The van der Waals surface area contributed by atoms with Crippen LogP contribution in [0.5, 0.6) is 0 Å². The van der Waals surface area contributed by atoms with Gasteiger partial charge in [-0.2, -0.15) is 5.26 Å². The van der Waals surface area contributed by atoms with Crippen molar-refractivity contribution in [1.29, 1.82) is 5.26 Å². The molecule has 7 heteroatoms. The maximum absolute atomic E-state index is 9.79. The molecule has 0 aliphatic carbocycles. The molecule has 0 atom stereocenters. The van der Waals surface area contributed by atoms with E-state index in [1.807, 2.05) is 110 Å². The highest BCUT2D eigenvalue weighted by atomic mass is 16.7. The Balaban J connectivity index is 1.49. The molecule has 0 N–H and O–H groups in total. The average molecular weight is 457 g/mol. The minimum absolute atomic E-state index is 0.379. The van der Waals surface area contributed by atoms with Crippen LogP contribution in [0.3, 0.4) is 0 Å². The van der Waals surface area contributed by atoms with Crippen molar-refractivity contribution in [3.8, 4) is 6.07 Å². The number of benzene rings is 2. The smallest absolute Gasteiger partial charge is 0.399 e. The van der Waals surface area contributed by atoms with Crippen LogP contribution in [0, 0.1) is 11.3 Å². The van der Waals surface area contributed by atoms with Crippen LogP contribution in [-0.4, -0.2) is 36.6 Å². The van der Waals surface area contributed by atoms with Crippen LogP contribution in [0.1, 0.15) is 66.5 Å². The Labute approximate surface area is 204 Å². The van der Waals surface area contributed by atoms with E-state index in [2.05, 4.69) is 6.07 Å². The minimum Gasteiger partial charge on any atom is -0.399 e. The van der Waals surface area contributed by atoms with E-state index in [9.17, 15) is 5.26 Å². The van der Waals surface area contributed by atoms with Crippen LogP contribution in [0.4, 0.5) is 0 Å². The SMILES string of the molecule is CC1(C)OB(c2ccc(/C=C(\C#N)c3ccc(B4OC(C)(C)C(C)(C)O4)cc3)cc2)OC1(C)C. The number of nitrogens with zero attached hydrogens (tertiary/aromatic N) is 1. The van der Waals surface area contributed by atoms with Crippen molar-refractivity contribution in [2.75, 3.05) is 0 Å². The van der Waals surface area contributed by atoms with Gasteiger partial charge in [0.15, 0.2) is 0 Å². The monoisotopic (exact) mass is 457 g/mol. The molecular weight excluding hydrogens is 424 g/mol. The van der Waals surface area contributed by atoms with Gasteiger partial charge in [-0.3, -0.25) is 0 Å². The summed E-state index contributed by atoms with van der Waals surface area (Å²) in [5, 5.41) is 9.79. The van der Waals surface area contributed by atoms with Gasteiger partial charge in [-0.25, -0.2) is 0 Å². The Morgan fingerprint density at radius 2 is 1.00 bits per heavy atom. The van der Waals surface area contributed by atoms with E-state index < -0.39 is 14.2 Å². The maximum Gasteiger partial charge on any atom is 0.494 e. The zero-order valence-corrected chi connectivity index (χ0v) is 21.4. The van der Waals surface area contributed by atoms with Gasteiger partial charge in [0.1, 0.15) is 0 Å². The zero-order chi connectivity index (χ0) is 24.9. The number of hydrogen-bond acceptors (Lipinski definition) is 5. The van der Waals surface area contributed by atoms with Gasteiger partial charge in [0, 0.05) is 0 Å². The summed E-state index contributed by atoms with van der Waals surface area (Å²) in [6.07, 6.45) is 1.89. The van der Waals surface area contributed by atoms with E-state index in [-0.39, 0.29) is 22.4 Å². The lowest BCUT2D eigenvalue weighted by atomic mass is 9.78. The lowest BCUT2D eigenvalue weighted by Crippen LogP contribution is -2.41. The first-order valence-electron chi connectivity index (χ1n) is 11.8. The topological polar surface area (TPSA) is 60.7 Å². The van der Waals surface area contributed by atoms with Gasteiger partial charge in [-0.15, -0.1) is 0 Å². The van der Waals surface area contributed by atoms with E-state index in [4.69, 9.17) is 18.6 Å². The average Bonchev–Trinajstić information content (AvgIpc) is 3.12. The molecule has 2 aliphatic heterocycles. The fourth-order valence-electron chi connectivity index (χ4n) is 3.87. The molecule has 0 bridgehead atoms. The summed E-state index contributed by atoms with van der Waals surface area (Å²) in [5.74, 6) is 0. The molecular formula is C27H33B2NO4. The van der Waals surface area contributed by atoms with Gasteiger partial charge in [0.05, 0.1) is 34.0 Å². The summed E-state index contributed by atoms with van der Waals surface area (Å²) in [7, 11) is -0.822. The number of allylic oxidation sites excluding steroid dienone is 1. The molecule has 2 aromatic rings. The molecule has 34 heavy (non-hydrogen) atoms. The molecule has 0 saturated carbocycles. The second kappa shape index (κ2) is 8.39. The van der Waals surface area contributed by atoms with Gasteiger partial charge >= 0.3 is 14.2 Å². The lowest BCUT2D eigenvalue weighted by Gasteiger charge is -2.32. The van der Waals surface area contributed by atoms with Gasteiger partial charge in [0.2, 0.25) is 0 Å². The van der Waals surface area contributed by atoms with E-state index in [0.717, 1.165) is 22.1 Å². The fourth-order valence-corrected chi connectivity index (χ4v) is 3.87. The van der Waals surface area contributed by atoms with E-state index in [0.29, 0.717) is 5.57 Å². The van der Waals surface area contributed by atoms with Gasteiger partial charge in [-0.1, -0.05) is 48.5 Å². The molecule has 2 heterocycles. The maximum atomic E-state index is 9.79. The minimum atomic E-state index is -0.420. The highest BCUT2D eigenvalue weighted by Crippen LogP contribution is 2.37. The molecule has 0 amide bonds. The van der Waals surface area contributed by atoms with Gasteiger partial charge in [0.25, 0.3) is 0 Å². The lowest BCUT2D eigenvalue weighted by molar-refractivity contribution is 0.00578. The van der Waals surface area contributed by atoms with Crippen molar-refractivity contribution in [3.63, 3.8) is 0 Å². The van der Waals surface area contributed by atoms with Crippen molar-refractivity contribution in [2.45, 2.75) is 77.8 Å². The van der Waals surface area contributed by atoms with E-state index >= 15 is 0 Å². The zero-order valence-electron chi connectivity index (χ0n) is 21.4. The predicted octanol–water partition coefficient (Wildman–Crippen LogP) is 4.35. The van der Waals surface area contributed by atoms with Crippen LogP contribution in [0.25, 0.3) is 11.6 Å². The summed E-state index contributed by atoms with van der Waals surface area (Å²) in [4.78, 5) is 0. The Bertz CT molecular complexity index is 1100. The highest BCUT2D eigenvalue weighted by Gasteiger charge is 2.52. The summed E-state index contributed by atoms with van der Waals surface area (Å²) in [6.45, 7) is 16.3. The molecule has 2 fully saturated rings. The summed E-state index contributed by atoms with van der Waals surface area (Å²) in [6, 6.07) is 18.1. The number of rotatable bonds is 4. The summed E-state index contributed by atoms with van der Waals surface area (Å²) < 4.78 is 24.5. The molecule has 0 radical (unpaired) electrons.